The van der Waals surface area contributed by atoms with Gasteiger partial charge in [0.05, 0.1) is 13.2 Å². The Labute approximate surface area is 119 Å². The number of furan rings is 1. The summed E-state index contributed by atoms with van der Waals surface area (Å²) in [7, 11) is 1.96. The summed E-state index contributed by atoms with van der Waals surface area (Å²) < 4.78 is 11.5. The average Bonchev–Trinajstić information content (AvgIpc) is 2.64. The number of ether oxygens (including phenoxy) is 1. The molecule has 2 heterocycles. The minimum absolute atomic E-state index is 0.772. The Morgan fingerprint density at radius 3 is 3.00 bits per heavy atom. The molecule has 4 heteroatoms. The number of rotatable bonds is 4. The van der Waals surface area contributed by atoms with Crippen LogP contribution in [0, 0.1) is 0 Å². The first-order chi connectivity index (χ1) is 9.88. The lowest BCUT2D eigenvalue weighted by Crippen LogP contribution is -2.26. The Hall–Kier alpha value is -1.36. The van der Waals surface area contributed by atoms with Crippen LogP contribution in [-0.2, 0) is 17.8 Å². The van der Waals surface area contributed by atoms with Crippen LogP contribution < -0.4 is 5.32 Å². The molecular formula is C16H22N2O2. The largest absolute Gasteiger partial charge is 0.459 e. The lowest BCUT2D eigenvalue weighted by Gasteiger charge is -2.19. The first-order valence-electron chi connectivity index (χ1n) is 7.32. The molecule has 0 saturated carbocycles. The minimum atomic E-state index is 0.772. The lowest BCUT2D eigenvalue weighted by molar-refractivity contribution is 0.140. The van der Waals surface area contributed by atoms with E-state index in [-0.39, 0.29) is 0 Å². The van der Waals surface area contributed by atoms with E-state index < -0.39 is 0 Å². The van der Waals surface area contributed by atoms with Gasteiger partial charge in [0, 0.05) is 37.2 Å². The van der Waals surface area contributed by atoms with Crippen molar-refractivity contribution in [2.45, 2.75) is 19.5 Å². The molecule has 0 spiro atoms. The highest BCUT2D eigenvalue weighted by atomic mass is 16.5. The van der Waals surface area contributed by atoms with Gasteiger partial charge in [-0.15, -0.1) is 0 Å². The van der Waals surface area contributed by atoms with Gasteiger partial charge in [0.1, 0.15) is 11.3 Å². The highest BCUT2D eigenvalue weighted by Gasteiger charge is 2.17. The maximum absolute atomic E-state index is 5.99. The number of hydrogen-bond donors (Lipinski definition) is 1. The molecule has 1 aliphatic heterocycles. The molecule has 0 amide bonds. The van der Waals surface area contributed by atoms with Crippen molar-refractivity contribution < 1.29 is 9.15 Å². The molecule has 0 atom stereocenters. The molecule has 0 bridgehead atoms. The summed E-state index contributed by atoms with van der Waals surface area (Å²) in [5, 5.41) is 4.44. The van der Waals surface area contributed by atoms with E-state index >= 15 is 0 Å². The zero-order chi connectivity index (χ0) is 13.8. The topological polar surface area (TPSA) is 37.6 Å². The Morgan fingerprint density at radius 2 is 2.10 bits per heavy atom. The van der Waals surface area contributed by atoms with Crippen LogP contribution in [0.15, 0.2) is 28.7 Å². The quantitative estimate of drug-likeness (QED) is 0.929. The molecule has 0 unspecified atom stereocenters. The number of hydrogen-bond acceptors (Lipinski definition) is 4. The third-order valence-electron chi connectivity index (χ3n) is 3.82. The van der Waals surface area contributed by atoms with Gasteiger partial charge >= 0.3 is 0 Å². The number of nitrogens with zero attached hydrogens (tertiary/aromatic N) is 1. The van der Waals surface area contributed by atoms with E-state index in [0.29, 0.717) is 0 Å². The first-order valence-corrected chi connectivity index (χ1v) is 7.32. The highest BCUT2D eigenvalue weighted by molar-refractivity contribution is 5.82. The minimum Gasteiger partial charge on any atom is -0.459 e. The molecule has 1 aliphatic rings. The predicted octanol–water partition coefficient (Wildman–Crippen LogP) is 2.37. The molecule has 108 valence electrons. The standard InChI is InChI=1S/C16H22N2O2/c1-17-11-16-14(12-18-7-4-9-19-10-8-18)13-5-2-3-6-15(13)20-16/h2-3,5-6,17H,4,7-12H2,1H3. The van der Waals surface area contributed by atoms with Crippen LogP contribution in [0.4, 0.5) is 0 Å². The van der Waals surface area contributed by atoms with E-state index in [2.05, 4.69) is 22.3 Å². The van der Waals surface area contributed by atoms with Crippen LogP contribution in [-0.4, -0.2) is 38.3 Å². The van der Waals surface area contributed by atoms with Crippen LogP contribution in [0.1, 0.15) is 17.7 Å². The number of nitrogens with one attached hydrogen (secondary N) is 1. The van der Waals surface area contributed by atoms with Crippen molar-refractivity contribution in [1.82, 2.24) is 10.2 Å². The van der Waals surface area contributed by atoms with Gasteiger partial charge in [-0.2, -0.15) is 0 Å². The molecule has 1 saturated heterocycles. The molecule has 1 aromatic carbocycles. The van der Waals surface area contributed by atoms with Crippen LogP contribution in [0.3, 0.4) is 0 Å². The number of fused-ring (bicyclic) bond motifs is 1. The molecule has 0 radical (unpaired) electrons. The maximum atomic E-state index is 5.99. The van der Waals surface area contributed by atoms with E-state index in [4.69, 9.17) is 9.15 Å². The first kappa shape index (κ1) is 13.6. The van der Waals surface area contributed by atoms with Gasteiger partial charge in [-0.05, 0) is 19.5 Å². The summed E-state index contributed by atoms with van der Waals surface area (Å²) in [6.07, 6.45) is 1.11. The molecule has 4 nitrogen and oxygen atoms in total. The smallest absolute Gasteiger partial charge is 0.134 e. The molecule has 1 aromatic heterocycles. The number of benzene rings is 1. The van der Waals surface area contributed by atoms with Crippen molar-refractivity contribution in [3.63, 3.8) is 0 Å². The zero-order valence-electron chi connectivity index (χ0n) is 12.0. The van der Waals surface area contributed by atoms with Crippen molar-refractivity contribution in [2.24, 2.45) is 0 Å². The van der Waals surface area contributed by atoms with Gasteiger partial charge < -0.3 is 14.5 Å². The Balaban J connectivity index is 1.89. The van der Waals surface area contributed by atoms with Crippen molar-refractivity contribution in [1.29, 1.82) is 0 Å². The summed E-state index contributed by atoms with van der Waals surface area (Å²) in [6, 6.07) is 8.31. The highest BCUT2D eigenvalue weighted by Crippen LogP contribution is 2.27. The summed E-state index contributed by atoms with van der Waals surface area (Å²) in [5.74, 6) is 1.05. The molecule has 1 N–H and O–H groups in total. The van der Waals surface area contributed by atoms with Gasteiger partial charge in [-0.3, -0.25) is 4.90 Å². The van der Waals surface area contributed by atoms with E-state index in [1.165, 1.54) is 10.9 Å². The van der Waals surface area contributed by atoms with Gasteiger partial charge in [0.25, 0.3) is 0 Å². The molecule has 2 aromatic rings. The fourth-order valence-corrected chi connectivity index (χ4v) is 2.81. The molecule has 3 rings (SSSR count). The van der Waals surface area contributed by atoms with Crippen molar-refractivity contribution in [2.75, 3.05) is 33.4 Å². The van der Waals surface area contributed by atoms with Gasteiger partial charge in [-0.25, -0.2) is 0 Å². The Kier molecular flexibility index (Phi) is 4.35. The van der Waals surface area contributed by atoms with Gasteiger partial charge in [0.2, 0.25) is 0 Å². The second-order valence-corrected chi connectivity index (χ2v) is 5.27. The molecule has 20 heavy (non-hydrogen) atoms. The fourth-order valence-electron chi connectivity index (χ4n) is 2.81. The monoisotopic (exact) mass is 274 g/mol. The number of para-hydroxylation sites is 1. The summed E-state index contributed by atoms with van der Waals surface area (Å²) in [6.45, 7) is 5.52. The summed E-state index contributed by atoms with van der Waals surface area (Å²) in [4.78, 5) is 2.46. The molecule has 1 fully saturated rings. The third-order valence-corrected chi connectivity index (χ3v) is 3.82. The second kappa shape index (κ2) is 6.39. The van der Waals surface area contributed by atoms with Crippen LogP contribution in [0.25, 0.3) is 11.0 Å². The third kappa shape index (κ3) is 2.87. The molecular weight excluding hydrogens is 252 g/mol. The van der Waals surface area contributed by atoms with Crippen LogP contribution >= 0.6 is 0 Å². The average molecular weight is 274 g/mol. The van der Waals surface area contributed by atoms with E-state index in [0.717, 1.165) is 57.2 Å². The maximum Gasteiger partial charge on any atom is 0.134 e. The van der Waals surface area contributed by atoms with E-state index in [1.54, 1.807) is 0 Å². The Morgan fingerprint density at radius 1 is 1.20 bits per heavy atom. The van der Waals surface area contributed by atoms with Gasteiger partial charge in [-0.1, -0.05) is 18.2 Å². The summed E-state index contributed by atoms with van der Waals surface area (Å²) >= 11 is 0. The Bertz CT molecular complexity index is 557. The second-order valence-electron chi connectivity index (χ2n) is 5.27. The molecule has 0 aliphatic carbocycles. The lowest BCUT2D eigenvalue weighted by atomic mass is 10.1. The van der Waals surface area contributed by atoms with E-state index in [9.17, 15) is 0 Å². The van der Waals surface area contributed by atoms with Crippen LogP contribution in [0.5, 0.6) is 0 Å². The zero-order valence-corrected chi connectivity index (χ0v) is 12.0. The normalized spacial score (nSPS) is 17.4. The SMILES string of the molecule is CNCc1oc2ccccc2c1CN1CCCOCC1. The van der Waals surface area contributed by atoms with E-state index in [1.807, 2.05) is 19.2 Å². The predicted molar refractivity (Wildman–Crippen MR) is 79.7 cm³/mol. The van der Waals surface area contributed by atoms with Crippen molar-refractivity contribution in [3.05, 3.63) is 35.6 Å². The van der Waals surface area contributed by atoms with Crippen molar-refractivity contribution in [3.8, 4) is 0 Å². The fraction of sp³-hybridized carbons (Fsp3) is 0.500. The van der Waals surface area contributed by atoms with Crippen LogP contribution in [0.2, 0.25) is 0 Å². The van der Waals surface area contributed by atoms with Crippen molar-refractivity contribution >= 4 is 11.0 Å². The van der Waals surface area contributed by atoms with Gasteiger partial charge in [0.15, 0.2) is 0 Å². The summed E-state index contributed by atoms with van der Waals surface area (Å²) in [5.41, 5.74) is 2.30.